The highest BCUT2D eigenvalue weighted by Crippen LogP contribution is 2.26. The summed E-state index contributed by atoms with van der Waals surface area (Å²) in [4.78, 5) is 40.8. The highest BCUT2D eigenvalue weighted by molar-refractivity contribution is 6.22. The highest BCUT2D eigenvalue weighted by atomic mass is 16.2. The van der Waals surface area contributed by atoms with E-state index in [0.29, 0.717) is 16.7 Å². The number of carbonyl (C=O) groups is 3. The van der Waals surface area contributed by atoms with Gasteiger partial charge in [-0.25, -0.2) is 0 Å². The minimum atomic E-state index is -0.333. The largest absolute Gasteiger partial charge is 0.339 e. The molecule has 2 aromatic carbocycles. The Balaban J connectivity index is 1.61. The number of likely N-dealkylation sites (tertiary alicyclic amines) is 1. The summed E-state index contributed by atoms with van der Waals surface area (Å²) < 4.78 is 0. The van der Waals surface area contributed by atoms with Crippen molar-refractivity contribution in [2.45, 2.75) is 19.4 Å². The molecule has 1 saturated heterocycles. The number of hydrogen-bond acceptors (Lipinski definition) is 3. The van der Waals surface area contributed by atoms with Crippen LogP contribution in [0.5, 0.6) is 0 Å². The molecule has 2 heterocycles. The molecule has 0 bridgehead atoms. The molecule has 0 N–H and O–H groups in total. The third-order valence-electron chi connectivity index (χ3n) is 4.79. The van der Waals surface area contributed by atoms with E-state index in [1.54, 1.807) is 23.1 Å². The average Bonchev–Trinajstić information content (AvgIpc) is 3.26. The van der Waals surface area contributed by atoms with E-state index in [1.807, 2.05) is 30.3 Å². The summed E-state index contributed by atoms with van der Waals surface area (Å²) in [5.41, 5.74) is 2.07. The highest BCUT2D eigenvalue weighted by Gasteiger charge is 2.36. The Morgan fingerprint density at radius 2 is 1.56 bits per heavy atom. The topological polar surface area (TPSA) is 57.7 Å². The number of rotatable bonds is 3. The van der Waals surface area contributed by atoms with Crippen molar-refractivity contribution in [1.29, 1.82) is 0 Å². The first kappa shape index (κ1) is 15.6. The van der Waals surface area contributed by atoms with Crippen LogP contribution in [0.4, 0.5) is 0 Å². The maximum absolute atomic E-state index is 12.7. The molecule has 5 nitrogen and oxygen atoms in total. The lowest BCUT2D eigenvalue weighted by Gasteiger charge is -2.15. The van der Waals surface area contributed by atoms with Crippen LogP contribution in [0.2, 0.25) is 0 Å². The number of imide groups is 1. The van der Waals surface area contributed by atoms with Gasteiger partial charge in [-0.1, -0.05) is 30.3 Å². The van der Waals surface area contributed by atoms with Crippen LogP contribution in [0.1, 0.15) is 49.5 Å². The SMILES string of the molecule is O=C(c1ccc2c(c1)C(=O)N(Cc1ccccc1)C2=O)N1CCCC1. The van der Waals surface area contributed by atoms with Crippen molar-refractivity contribution >= 4 is 17.7 Å². The van der Waals surface area contributed by atoms with E-state index in [4.69, 9.17) is 0 Å². The molecule has 5 heteroatoms. The van der Waals surface area contributed by atoms with Crippen molar-refractivity contribution < 1.29 is 14.4 Å². The van der Waals surface area contributed by atoms with Crippen molar-refractivity contribution in [3.8, 4) is 0 Å². The number of carbonyl (C=O) groups excluding carboxylic acids is 3. The van der Waals surface area contributed by atoms with Crippen LogP contribution in [0.3, 0.4) is 0 Å². The molecule has 2 aliphatic rings. The minimum Gasteiger partial charge on any atom is -0.339 e. The van der Waals surface area contributed by atoms with E-state index in [1.165, 1.54) is 4.90 Å². The Kier molecular flexibility index (Phi) is 3.84. The fourth-order valence-electron chi connectivity index (χ4n) is 3.44. The third-order valence-corrected chi connectivity index (χ3v) is 4.79. The zero-order chi connectivity index (χ0) is 17.4. The fraction of sp³-hybridized carbons (Fsp3) is 0.250. The van der Waals surface area contributed by atoms with E-state index < -0.39 is 0 Å². The van der Waals surface area contributed by atoms with Gasteiger partial charge in [0.1, 0.15) is 0 Å². The lowest BCUT2D eigenvalue weighted by atomic mass is 10.0. The quantitative estimate of drug-likeness (QED) is 0.811. The first-order valence-electron chi connectivity index (χ1n) is 8.48. The first-order chi connectivity index (χ1) is 12.1. The lowest BCUT2D eigenvalue weighted by Crippen LogP contribution is -2.29. The molecule has 0 radical (unpaired) electrons. The zero-order valence-corrected chi connectivity index (χ0v) is 13.8. The first-order valence-corrected chi connectivity index (χ1v) is 8.48. The molecule has 4 rings (SSSR count). The molecule has 25 heavy (non-hydrogen) atoms. The minimum absolute atomic E-state index is 0.0675. The predicted octanol–water partition coefficient (Wildman–Crippen LogP) is 2.72. The summed E-state index contributed by atoms with van der Waals surface area (Å²) in [7, 11) is 0. The Morgan fingerprint density at radius 3 is 2.28 bits per heavy atom. The second-order valence-corrected chi connectivity index (χ2v) is 6.44. The van der Waals surface area contributed by atoms with E-state index in [9.17, 15) is 14.4 Å². The monoisotopic (exact) mass is 334 g/mol. The molecule has 3 amide bonds. The smallest absolute Gasteiger partial charge is 0.261 e. The molecule has 1 fully saturated rings. The molecule has 0 unspecified atom stereocenters. The zero-order valence-electron chi connectivity index (χ0n) is 13.8. The standard InChI is InChI=1S/C20H18N2O3/c23-18(21-10-4-5-11-21)15-8-9-16-17(12-15)20(25)22(19(16)24)13-14-6-2-1-3-7-14/h1-3,6-9,12H,4-5,10-11,13H2. The summed E-state index contributed by atoms with van der Waals surface area (Å²) in [5, 5.41) is 0. The fourth-order valence-corrected chi connectivity index (χ4v) is 3.44. The van der Waals surface area contributed by atoms with Crippen LogP contribution in [-0.4, -0.2) is 40.6 Å². The summed E-state index contributed by atoms with van der Waals surface area (Å²) in [6.45, 7) is 1.74. The van der Waals surface area contributed by atoms with Crippen molar-refractivity contribution in [3.63, 3.8) is 0 Å². The van der Waals surface area contributed by atoms with E-state index >= 15 is 0 Å². The Bertz CT molecular complexity index is 854. The van der Waals surface area contributed by atoms with Crippen LogP contribution in [0.15, 0.2) is 48.5 Å². The molecule has 0 aliphatic carbocycles. The maximum Gasteiger partial charge on any atom is 0.261 e. The second kappa shape index (κ2) is 6.16. The van der Waals surface area contributed by atoms with Crippen LogP contribution in [0, 0.1) is 0 Å². The summed E-state index contributed by atoms with van der Waals surface area (Å²) in [6, 6.07) is 14.2. The number of nitrogens with zero attached hydrogens (tertiary/aromatic N) is 2. The summed E-state index contributed by atoms with van der Waals surface area (Å²) >= 11 is 0. The van der Waals surface area contributed by atoms with Crippen LogP contribution < -0.4 is 0 Å². The predicted molar refractivity (Wildman–Crippen MR) is 92.2 cm³/mol. The van der Waals surface area contributed by atoms with Gasteiger partial charge in [-0.05, 0) is 36.6 Å². The van der Waals surface area contributed by atoms with Gasteiger partial charge in [0.2, 0.25) is 0 Å². The van der Waals surface area contributed by atoms with Gasteiger partial charge in [0.05, 0.1) is 17.7 Å². The van der Waals surface area contributed by atoms with Crippen molar-refractivity contribution in [2.75, 3.05) is 13.1 Å². The third kappa shape index (κ3) is 2.71. The van der Waals surface area contributed by atoms with Crippen molar-refractivity contribution in [1.82, 2.24) is 9.80 Å². The van der Waals surface area contributed by atoms with Crippen molar-refractivity contribution in [2.24, 2.45) is 0 Å². The van der Waals surface area contributed by atoms with Crippen LogP contribution in [0.25, 0.3) is 0 Å². The van der Waals surface area contributed by atoms with Crippen molar-refractivity contribution in [3.05, 3.63) is 70.8 Å². The summed E-state index contributed by atoms with van der Waals surface area (Å²) in [5.74, 6) is -0.703. The molecule has 0 atom stereocenters. The number of benzene rings is 2. The Labute approximate surface area is 145 Å². The molecule has 0 saturated carbocycles. The van der Waals surface area contributed by atoms with Crippen LogP contribution in [-0.2, 0) is 6.54 Å². The molecule has 2 aromatic rings. The Hall–Kier alpha value is -2.95. The molecule has 0 spiro atoms. The van der Waals surface area contributed by atoms with Gasteiger partial charge in [0.25, 0.3) is 17.7 Å². The van der Waals surface area contributed by atoms with Gasteiger partial charge in [-0.15, -0.1) is 0 Å². The van der Waals surface area contributed by atoms with E-state index in [2.05, 4.69) is 0 Å². The maximum atomic E-state index is 12.7. The number of hydrogen-bond donors (Lipinski definition) is 0. The summed E-state index contributed by atoms with van der Waals surface area (Å²) in [6.07, 6.45) is 2.03. The average molecular weight is 334 g/mol. The Morgan fingerprint density at radius 1 is 0.880 bits per heavy atom. The molecule has 0 aromatic heterocycles. The number of amides is 3. The number of fused-ring (bicyclic) bond motifs is 1. The molecular weight excluding hydrogens is 316 g/mol. The normalized spacial score (nSPS) is 16.5. The molecule has 126 valence electrons. The second-order valence-electron chi connectivity index (χ2n) is 6.44. The van der Waals surface area contributed by atoms with Crippen LogP contribution >= 0.6 is 0 Å². The van der Waals surface area contributed by atoms with Gasteiger partial charge < -0.3 is 4.90 Å². The molecular formula is C20H18N2O3. The molecule has 2 aliphatic heterocycles. The van der Waals surface area contributed by atoms with E-state index in [-0.39, 0.29) is 24.3 Å². The van der Waals surface area contributed by atoms with Gasteiger partial charge in [-0.3, -0.25) is 19.3 Å². The lowest BCUT2D eigenvalue weighted by molar-refractivity contribution is 0.0642. The van der Waals surface area contributed by atoms with E-state index in [0.717, 1.165) is 31.5 Å². The van der Waals surface area contributed by atoms with Gasteiger partial charge in [0, 0.05) is 18.7 Å². The van der Waals surface area contributed by atoms with Gasteiger partial charge in [0.15, 0.2) is 0 Å². The van der Waals surface area contributed by atoms with Gasteiger partial charge in [-0.2, -0.15) is 0 Å². The van der Waals surface area contributed by atoms with Gasteiger partial charge >= 0.3 is 0 Å².